The molecule has 9 nitrogen and oxygen atoms in total. The smallest absolute Gasteiger partial charge is 0.269 e. The number of halogens is 1. The molecule has 3 rings (SSSR count). The van der Waals surface area contributed by atoms with E-state index in [1.54, 1.807) is 19.1 Å². The Morgan fingerprint density at radius 2 is 1.40 bits per heavy atom. The first-order valence-electron chi connectivity index (χ1n) is 9.26. The highest BCUT2D eigenvalue weighted by atomic mass is 19.1. The van der Waals surface area contributed by atoms with E-state index in [2.05, 4.69) is 4.90 Å². The predicted octanol–water partition coefficient (Wildman–Crippen LogP) is 3.61. The van der Waals surface area contributed by atoms with Crippen LogP contribution >= 0.6 is 0 Å². The number of nitro benzene ring substituents is 2. The van der Waals surface area contributed by atoms with Crippen molar-refractivity contribution in [1.82, 2.24) is 4.90 Å². The number of hydrogen-bond donors (Lipinski definition) is 0. The quantitative estimate of drug-likeness (QED) is 0.556. The van der Waals surface area contributed by atoms with Gasteiger partial charge in [0.2, 0.25) is 5.91 Å². The van der Waals surface area contributed by atoms with Gasteiger partial charge in [-0.3, -0.25) is 25.0 Å². The highest BCUT2D eigenvalue weighted by Crippen LogP contribution is 2.25. The summed E-state index contributed by atoms with van der Waals surface area (Å²) in [6, 6.07) is 8.34. The number of hydrogen-bond acceptors (Lipinski definition) is 6. The molecule has 0 radical (unpaired) electrons. The summed E-state index contributed by atoms with van der Waals surface area (Å²) in [6.07, 6.45) is 0. The Bertz CT molecular complexity index is 958. The van der Waals surface area contributed by atoms with Gasteiger partial charge in [0, 0.05) is 63.1 Å². The first-order chi connectivity index (χ1) is 14.1. The fourth-order valence-electron chi connectivity index (χ4n) is 3.11. The monoisotopic (exact) mass is 418 g/mol. The molecule has 2 aromatic carbocycles. The van der Waals surface area contributed by atoms with E-state index in [1.807, 2.05) is 11.8 Å². The van der Waals surface area contributed by atoms with Crippen molar-refractivity contribution in [2.24, 2.45) is 0 Å². The largest absolute Gasteiger partial charge is 0.368 e. The summed E-state index contributed by atoms with van der Waals surface area (Å²) in [6.45, 7) is 7.86. The van der Waals surface area contributed by atoms with Crippen molar-refractivity contribution < 1.29 is 19.0 Å². The van der Waals surface area contributed by atoms with Gasteiger partial charge in [-0.05, 0) is 37.1 Å². The molecular weight excluding hydrogens is 395 g/mol. The first-order valence-corrected chi connectivity index (χ1v) is 9.26. The van der Waals surface area contributed by atoms with Crippen molar-refractivity contribution >= 4 is 23.0 Å². The minimum Gasteiger partial charge on any atom is -0.368 e. The van der Waals surface area contributed by atoms with Crippen LogP contribution in [0.25, 0.3) is 0 Å². The number of amides is 1. The third-order valence-electron chi connectivity index (χ3n) is 4.81. The van der Waals surface area contributed by atoms with Crippen LogP contribution in [-0.4, -0.2) is 46.8 Å². The summed E-state index contributed by atoms with van der Waals surface area (Å²) in [7, 11) is 0. The van der Waals surface area contributed by atoms with Crippen LogP contribution < -0.4 is 4.90 Å². The van der Waals surface area contributed by atoms with Gasteiger partial charge in [-0.1, -0.05) is 0 Å². The fourth-order valence-corrected chi connectivity index (χ4v) is 3.11. The van der Waals surface area contributed by atoms with Crippen molar-refractivity contribution in [1.29, 1.82) is 0 Å². The Morgan fingerprint density at radius 3 is 1.83 bits per heavy atom. The minimum atomic E-state index is -0.549. The molecule has 0 spiro atoms. The highest BCUT2D eigenvalue weighted by Gasteiger charge is 2.20. The average Bonchev–Trinajstić information content (AvgIpc) is 2.70. The summed E-state index contributed by atoms with van der Waals surface area (Å²) < 4.78 is 12.5. The normalized spacial score (nSPS) is 13.3. The highest BCUT2D eigenvalue weighted by molar-refractivity contribution is 5.73. The zero-order valence-corrected chi connectivity index (χ0v) is 17.0. The number of piperazine rings is 1. The number of rotatable bonds is 3. The number of nitro groups is 2. The SMILES string of the molecule is CC(=O)N1CCN(c2ccc([N+](=O)[O-])cc2C)CC1.Cc1cc([N+](=O)[O-])ccc1F. The maximum absolute atomic E-state index is 12.5. The van der Waals surface area contributed by atoms with E-state index in [0.29, 0.717) is 18.7 Å². The molecule has 1 fully saturated rings. The molecule has 2 aromatic rings. The standard InChI is InChI=1S/C13H17N3O3.C7H6FNO2/c1-10-9-12(16(18)19)3-4-13(10)15-7-5-14(6-8-15)11(2)17;1-5-4-6(9(10)11)2-3-7(5)8/h3-4,9H,5-8H2,1-2H3;2-4H,1H3. The van der Waals surface area contributed by atoms with Crippen molar-refractivity contribution in [2.45, 2.75) is 20.8 Å². The van der Waals surface area contributed by atoms with Crippen molar-refractivity contribution in [3.63, 3.8) is 0 Å². The Morgan fingerprint density at radius 1 is 0.900 bits per heavy atom. The molecule has 1 heterocycles. The molecule has 0 N–H and O–H groups in total. The Kier molecular flexibility index (Phi) is 7.40. The number of carbonyl (C=O) groups excluding carboxylic acids is 1. The van der Waals surface area contributed by atoms with Gasteiger partial charge >= 0.3 is 0 Å². The third-order valence-corrected chi connectivity index (χ3v) is 4.81. The number of nitrogens with zero attached hydrogens (tertiary/aromatic N) is 4. The zero-order chi connectivity index (χ0) is 22.4. The van der Waals surface area contributed by atoms with Gasteiger partial charge in [-0.2, -0.15) is 0 Å². The lowest BCUT2D eigenvalue weighted by Gasteiger charge is -2.36. The van der Waals surface area contributed by atoms with Crippen LogP contribution in [0.15, 0.2) is 36.4 Å². The maximum atomic E-state index is 12.5. The van der Waals surface area contributed by atoms with Crippen LogP contribution in [0.5, 0.6) is 0 Å². The number of carbonyl (C=O) groups is 1. The Labute approximate surface area is 173 Å². The predicted molar refractivity (Wildman–Crippen MR) is 110 cm³/mol. The third kappa shape index (κ3) is 5.72. The average molecular weight is 418 g/mol. The van der Waals surface area contributed by atoms with Crippen LogP contribution in [0.1, 0.15) is 18.1 Å². The first kappa shape index (κ1) is 22.7. The molecule has 30 heavy (non-hydrogen) atoms. The van der Waals surface area contributed by atoms with Gasteiger partial charge in [0.1, 0.15) is 5.82 Å². The number of non-ortho nitro benzene ring substituents is 2. The molecule has 0 unspecified atom stereocenters. The van der Waals surface area contributed by atoms with Gasteiger partial charge in [0.25, 0.3) is 11.4 Å². The van der Waals surface area contributed by atoms with Crippen molar-refractivity contribution in [3.8, 4) is 0 Å². The molecule has 0 bridgehead atoms. The van der Waals surface area contributed by atoms with Crippen LogP contribution in [0.2, 0.25) is 0 Å². The lowest BCUT2D eigenvalue weighted by atomic mass is 10.1. The van der Waals surface area contributed by atoms with Crippen molar-refractivity contribution in [2.75, 3.05) is 31.1 Å². The molecule has 1 aliphatic heterocycles. The second-order valence-corrected chi connectivity index (χ2v) is 6.91. The summed E-state index contributed by atoms with van der Waals surface area (Å²) in [5.41, 5.74) is 2.23. The van der Waals surface area contributed by atoms with E-state index < -0.39 is 10.7 Å². The van der Waals surface area contributed by atoms with Crippen LogP contribution in [0, 0.1) is 39.9 Å². The fraction of sp³-hybridized carbons (Fsp3) is 0.350. The van der Waals surface area contributed by atoms with Gasteiger partial charge in [-0.15, -0.1) is 0 Å². The molecule has 0 aliphatic carbocycles. The summed E-state index contributed by atoms with van der Waals surface area (Å²) in [4.78, 5) is 35.2. The summed E-state index contributed by atoms with van der Waals surface area (Å²) in [5.74, 6) is -0.323. The van der Waals surface area contributed by atoms with E-state index in [9.17, 15) is 29.4 Å². The second-order valence-electron chi connectivity index (χ2n) is 6.91. The molecule has 160 valence electrons. The van der Waals surface area contributed by atoms with Crippen LogP contribution in [0.3, 0.4) is 0 Å². The topological polar surface area (TPSA) is 110 Å². The van der Waals surface area contributed by atoms with Gasteiger partial charge in [0.05, 0.1) is 9.85 Å². The molecule has 0 saturated carbocycles. The molecule has 1 aliphatic rings. The summed E-state index contributed by atoms with van der Waals surface area (Å²) >= 11 is 0. The molecular formula is C20H23FN4O5. The number of benzene rings is 2. The van der Waals surface area contributed by atoms with E-state index >= 15 is 0 Å². The minimum absolute atomic E-state index is 0.0797. The van der Waals surface area contributed by atoms with Crippen molar-refractivity contribution in [3.05, 3.63) is 73.6 Å². The van der Waals surface area contributed by atoms with E-state index in [-0.39, 0.29) is 22.2 Å². The lowest BCUT2D eigenvalue weighted by Crippen LogP contribution is -2.48. The molecule has 0 atom stereocenters. The number of anilines is 1. The molecule has 1 amide bonds. The summed E-state index contributed by atoms with van der Waals surface area (Å²) in [5, 5.41) is 20.9. The van der Waals surface area contributed by atoms with Gasteiger partial charge < -0.3 is 9.80 Å². The lowest BCUT2D eigenvalue weighted by molar-refractivity contribution is -0.385. The molecule has 0 aromatic heterocycles. The van der Waals surface area contributed by atoms with E-state index in [4.69, 9.17) is 0 Å². The van der Waals surface area contributed by atoms with Gasteiger partial charge in [0.15, 0.2) is 0 Å². The maximum Gasteiger partial charge on any atom is 0.269 e. The molecule has 10 heteroatoms. The van der Waals surface area contributed by atoms with E-state index in [0.717, 1.165) is 36.5 Å². The zero-order valence-electron chi connectivity index (χ0n) is 17.0. The van der Waals surface area contributed by atoms with Crippen LogP contribution in [-0.2, 0) is 4.79 Å². The Hall–Kier alpha value is -3.56. The van der Waals surface area contributed by atoms with E-state index in [1.165, 1.54) is 19.1 Å². The Balaban J connectivity index is 0.000000248. The number of aryl methyl sites for hydroxylation is 2. The molecule has 1 saturated heterocycles. The van der Waals surface area contributed by atoms with Gasteiger partial charge in [-0.25, -0.2) is 4.39 Å². The van der Waals surface area contributed by atoms with Crippen LogP contribution in [0.4, 0.5) is 21.5 Å². The second kappa shape index (κ2) is 9.77.